The van der Waals surface area contributed by atoms with Crippen molar-refractivity contribution < 1.29 is 8.42 Å². The SMILES string of the molecule is CC1CCCC(c2cccc3c2ncn3S(=O)(=O)c2cccc3ccccc23)CCN1. The van der Waals surface area contributed by atoms with Crippen molar-refractivity contribution in [2.45, 2.75) is 49.5 Å². The first-order valence-corrected chi connectivity index (χ1v) is 12.4. The van der Waals surface area contributed by atoms with E-state index in [1.165, 1.54) is 10.3 Å². The van der Waals surface area contributed by atoms with Gasteiger partial charge in [-0.25, -0.2) is 17.4 Å². The van der Waals surface area contributed by atoms with E-state index in [9.17, 15) is 8.42 Å². The van der Waals surface area contributed by atoms with Crippen molar-refractivity contribution in [1.82, 2.24) is 14.3 Å². The van der Waals surface area contributed by atoms with Gasteiger partial charge in [-0.15, -0.1) is 0 Å². The molecule has 1 aliphatic rings. The van der Waals surface area contributed by atoms with Crippen LogP contribution in [0.15, 0.2) is 71.9 Å². The molecule has 2 atom stereocenters. The first-order chi connectivity index (χ1) is 15.1. The molecule has 4 aromatic rings. The number of rotatable bonds is 3. The van der Waals surface area contributed by atoms with Crippen molar-refractivity contribution in [3.63, 3.8) is 0 Å². The molecule has 1 fully saturated rings. The number of imidazole rings is 1. The maximum atomic E-state index is 13.7. The third-order valence-electron chi connectivity index (χ3n) is 6.48. The summed E-state index contributed by atoms with van der Waals surface area (Å²) in [6.45, 7) is 3.21. The second-order valence-corrected chi connectivity index (χ2v) is 10.3. The van der Waals surface area contributed by atoms with E-state index in [0.717, 1.165) is 54.1 Å². The van der Waals surface area contributed by atoms with E-state index in [4.69, 9.17) is 0 Å². The summed E-state index contributed by atoms with van der Waals surface area (Å²) in [6.07, 6.45) is 5.93. The minimum Gasteiger partial charge on any atom is -0.314 e. The van der Waals surface area contributed by atoms with Crippen LogP contribution < -0.4 is 5.32 Å². The van der Waals surface area contributed by atoms with Gasteiger partial charge in [-0.1, -0.05) is 55.0 Å². The van der Waals surface area contributed by atoms with Gasteiger partial charge in [-0.05, 0) is 61.7 Å². The molecule has 2 heterocycles. The van der Waals surface area contributed by atoms with Crippen LogP contribution >= 0.6 is 0 Å². The highest BCUT2D eigenvalue weighted by Gasteiger charge is 2.25. The van der Waals surface area contributed by atoms with Gasteiger partial charge >= 0.3 is 0 Å². The summed E-state index contributed by atoms with van der Waals surface area (Å²) in [7, 11) is -3.77. The normalized spacial score (nSPS) is 20.5. The van der Waals surface area contributed by atoms with Crippen LogP contribution in [0.1, 0.15) is 44.1 Å². The number of aromatic nitrogens is 2. The molecule has 1 N–H and O–H groups in total. The Kier molecular flexibility index (Phi) is 5.28. The molecule has 5 rings (SSSR count). The lowest BCUT2D eigenvalue weighted by atomic mass is 9.88. The number of benzene rings is 3. The highest BCUT2D eigenvalue weighted by Crippen LogP contribution is 2.34. The molecule has 0 radical (unpaired) electrons. The lowest BCUT2D eigenvalue weighted by molar-refractivity contribution is 0.409. The lowest BCUT2D eigenvalue weighted by Crippen LogP contribution is -2.30. The maximum Gasteiger partial charge on any atom is 0.270 e. The molecular formula is C25H27N3O2S. The van der Waals surface area contributed by atoms with Crippen molar-refractivity contribution in [3.05, 3.63) is 72.6 Å². The molecular weight excluding hydrogens is 406 g/mol. The van der Waals surface area contributed by atoms with Crippen LogP contribution in [-0.2, 0) is 10.0 Å². The molecule has 0 aliphatic carbocycles. The molecule has 31 heavy (non-hydrogen) atoms. The van der Waals surface area contributed by atoms with Crippen molar-refractivity contribution in [1.29, 1.82) is 0 Å². The Morgan fingerprint density at radius 3 is 2.68 bits per heavy atom. The number of nitrogens with one attached hydrogen (secondary N) is 1. The van der Waals surface area contributed by atoms with Crippen LogP contribution in [0, 0.1) is 0 Å². The van der Waals surface area contributed by atoms with Crippen molar-refractivity contribution in [3.8, 4) is 0 Å². The largest absolute Gasteiger partial charge is 0.314 e. The summed E-state index contributed by atoms with van der Waals surface area (Å²) < 4.78 is 28.7. The van der Waals surface area contributed by atoms with E-state index < -0.39 is 10.0 Å². The van der Waals surface area contributed by atoms with Crippen LogP contribution in [0.2, 0.25) is 0 Å². The van der Waals surface area contributed by atoms with Gasteiger partial charge in [-0.2, -0.15) is 0 Å². The number of fused-ring (bicyclic) bond motifs is 2. The first kappa shape index (κ1) is 20.2. The zero-order chi connectivity index (χ0) is 21.4. The van der Waals surface area contributed by atoms with Gasteiger partial charge < -0.3 is 5.32 Å². The molecule has 0 amide bonds. The predicted molar refractivity (Wildman–Crippen MR) is 125 cm³/mol. The van der Waals surface area contributed by atoms with Gasteiger partial charge in [0, 0.05) is 11.4 Å². The van der Waals surface area contributed by atoms with Crippen LogP contribution in [0.3, 0.4) is 0 Å². The van der Waals surface area contributed by atoms with E-state index >= 15 is 0 Å². The number of hydrogen-bond acceptors (Lipinski definition) is 4. The summed E-state index contributed by atoms with van der Waals surface area (Å²) in [5.41, 5.74) is 2.60. The van der Waals surface area contributed by atoms with E-state index in [0.29, 0.717) is 22.4 Å². The molecule has 1 aliphatic heterocycles. The Bertz CT molecular complexity index is 1330. The molecule has 2 unspecified atom stereocenters. The summed E-state index contributed by atoms with van der Waals surface area (Å²) >= 11 is 0. The average molecular weight is 434 g/mol. The van der Waals surface area contributed by atoms with Gasteiger partial charge in [0.25, 0.3) is 10.0 Å². The Morgan fingerprint density at radius 2 is 1.77 bits per heavy atom. The Balaban J connectivity index is 1.60. The van der Waals surface area contributed by atoms with Crippen molar-refractivity contribution in [2.24, 2.45) is 0 Å². The van der Waals surface area contributed by atoms with Gasteiger partial charge in [0.15, 0.2) is 0 Å². The zero-order valence-electron chi connectivity index (χ0n) is 17.7. The van der Waals surface area contributed by atoms with E-state index in [1.807, 2.05) is 42.5 Å². The molecule has 0 saturated carbocycles. The van der Waals surface area contributed by atoms with Gasteiger partial charge in [0.2, 0.25) is 0 Å². The summed E-state index contributed by atoms with van der Waals surface area (Å²) in [5.74, 6) is 0.382. The van der Waals surface area contributed by atoms with Crippen LogP contribution in [0.4, 0.5) is 0 Å². The standard InChI is InChI=1S/C25H27N3O2S/c1-18-7-4-9-20(15-16-26-18)22-12-6-13-23-25(22)27-17-28(23)31(29,30)24-14-5-10-19-8-2-3-11-21(19)24/h2-3,5-6,8,10-14,17-18,20,26H,4,7,9,15-16H2,1H3. The average Bonchev–Trinajstić information content (AvgIpc) is 3.21. The fourth-order valence-electron chi connectivity index (χ4n) is 4.82. The van der Waals surface area contributed by atoms with E-state index in [1.54, 1.807) is 12.1 Å². The van der Waals surface area contributed by atoms with E-state index in [2.05, 4.69) is 23.3 Å². The van der Waals surface area contributed by atoms with Gasteiger partial charge in [0.05, 0.1) is 15.9 Å². The highest BCUT2D eigenvalue weighted by molar-refractivity contribution is 7.90. The van der Waals surface area contributed by atoms with Crippen LogP contribution in [-0.4, -0.2) is 30.0 Å². The minimum absolute atomic E-state index is 0.305. The summed E-state index contributed by atoms with van der Waals surface area (Å²) in [6, 6.07) is 19.5. The number of hydrogen-bond donors (Lipinski definition) is 1. The molecule has 160 valence electrons. The quantitative estimate of drug-likeness (QED) is 0.490. The second kappa shape index (κ2) is 8.09. The van der Waals surface area contributed by atoms with Gasteiger partial charge in [0.1, 0.15) is 6.33 Å². The third kappa shape index (κ3) is 3.64. The zero-order valence-corrected chi connectivity index (χ0v) is 18.5. The number of para-hydroxylation sites is 1. The number of nitrogens with zero attached hydrogens (tertiary/aromatic N) is 2. The summed E-state index contributed by atoms with van der Waals surface area (Å²) in [5, 5.41) is 5.21. The Labute approximate surface area is 183 Å². The predicted octanol–water partition coefficient (Wildman–Crippen LogP) is 5.06. The maximum absolute atomic E-state index is 13.7. The molecule has 1 aromatic heterocycles. The van der Waals surface area contributed by atoms with Crippen LogP contribution in [0.25, 0.3) is 21.8 Å². The van der Waals surface area contributed by atoms with E-state index in [-0.39, 0.29) is 0 Å². The Hall–Kier alpha value is -2.70. The second-order valence-electron chi connectivity index (χ2n) is 8.51. The van der Waals surface area contributed by atoms with Crippen LogP contribution in [0.5, 0.6) is 0 Å². The smallest absolute Gasteiger partial charge is 0.270 e. The molecule has 0 spiro atoms. The molecule has 3 aromatic carbocycles. The monoisotopic (exact) mass is 433 g/mol. The first-order valence-electron chi connectivity index (χ1n) is 11.0. The lowest BCUT2D eigenvalue weighted by Gasteiger charge is -2.24. The molecule has 0 bridgehead atoms. The molecule has 5 nitrogen and oxygen atoms in total. The summed E-state index contributed by atoms with van der Waals surface area (Å²) in [4.78, 5) is 4.90. The molecule has 6 heteroatoms. The topological polar surface area (TPSA) is 64.0 Å². The van der Waals surface area contributed by atoms with Gasteiger partial charge in [-0.3, -0.25) is 0 Å². The van der Waals surface area contributed by atoms with Crippen molar-refractivity contribution in [2.75, 3.05) is 6.54 Å². The third-order valence-corrected chi connectivity index (χ3v) is 8.20. The Morgan fingerprint density at radius 1 is 0.968 bits per heavy atom. The molecule has 1 saturated heterocycles. The minimum atomic E-state index is -3.77. The fraction of sp³-hybridized carbons (Fsp3) is 0.320. The van der Waals surface area contributed by atoms with Crippen molar-refractivity contribution >= 4 is 31.8 Å². The highest BCUT2D eigenvalue weighted by atomic mass is 32.2. The fourth-order valence-corrected chi connectivity index (χ4v) is 6.32.